The Hall–Kier alpha value is -1.98. The van der Waals surface area contributed by atoms with Crippen LogP contribution in [0.3, 0.4) is 0 Å². The molecule has 2 aromatic rings. The standard InChI is InChI=1S/C24H26ClIN2O3/c1-24(2,3)31-23(29)28-11-10-21(16-4-6-19(25)7-5-16)18(14-28)15-30-22-9-8-20(26)12-17(22)13-27/h4-9,12,18,21H,10-11,14-15H2,1-3H3/t18-,21?/m0/s1. The SMILES string of the molecule is CC(C)(C)OC(=O)N1CCC(c2ccc(Cl)cc2)[C@H](COc2ccc(I)cc2C#N)C1. The van der Waals surface area contributed by atoms with Crippen molar-refractivity contribution in [2.45, 2.75) is 38.7 Å². The molecule has 1 fully saturated rings. The Morgan fingerprint density at radius 3 is 2.61 bits per heavy atom. The monoisotopic (exact) mass is 552 g/mol. The summed E-state index contributed by atoms with van der Waals surface area (Å²) in [6, 6.07) is 15.6. The maximum absolute atomic E-state index is 12.7. The van der Waals surface area contributed by atoms with Crippen LogP contribution in [0.1, 0.15) is 44.2 Å². The van der Waals surface area contributed by atoms with Gasteiger partial charge in [0.15, 0.2) is 0 Å². The van der Waals surface area contributed by atoms with Crippen LogP contribution >= 0.6 is 34.2 Å². The summed E-state index contributed by atoms with van der Waals surface area (Å²) < 4.78 is 12.7. The fraction of sp³-hybridized carbons (Fsp3) is 0.417. The highest BCUT2D eigenvalue weighted by Crippen LogP contribution is 2.35. The third-order valence-corrected chi connectivity index (χ3v) is 6.12. The van der Waals surface area contributed by atoms with Gasteiger partial charge in [0, 0.05) is 27.6 Å². The lowest BCUT2D eigenvalue weighted by Crippen LogP contribution is -2.46. The fourth-order valence-corrected chi connectivity index (χ4v) is 4.37. The molecule has 2 aromatic carbocycles. The van der Waals surface area contributed by atoms with Crippen LogP contribution in [0.25, 0.3) is 0 Å². The molecule has 1 aliphatic rings. The van der Waals surface area contributed by atoms with Gasteiger partial charge in [0.1, 0.15) is 17.4 Å². The Balaban J connectivity index is 1.80. The minimum Gasteiger partial charge on any atom is -0.492 e. The van der Waals surface area contributed by atoms with Crippen molar-refractivity contribution in [3.8, 4) is 11.8 Å². The van der Waals surface area contributed by atoms with Crippen LogP contribution in [0.2, 0.25) is 5.02 Å². The molecule has 0 radical (unpaired) electrons. The summed E-state index contributed by atoms with van der Waals surface area (Å²) in [7, 11) is 0. The topological polar surface area (TPSA) is 62.6 Å². The minimum atomic E-state index is -0.543. The second kappa shape index (κ2) is 10.1. The number of rotatable bonds is 4. The van der Waals surface area contributed by atoms with Gasteiger partial charge in [0.25, 0.3) is 0 Å². The summed E-state index contributed by atoms with van der Waals surface area (Å²) >= 11 is 8.25. The van der Waals surface area contributed by atoms with Gasteiger partial charge in [0.05, 0.1) is 12.2 Å². The molecule has 1 aliphatic heterocycles. The van der Waals surface area contributed by atoms with Gasteiger partial charge in [-0.3, -0.25) is 0 Å². The molecule has 2 atom stereocenters. The van der Waals surface area contributed by atoms with Crippen LogP contribution in [0.4, 0.5) is 4.79 Å². The predicted octanol–water partition coefficient (Wildman–Crippen LogP) is 6.24. The van der Waals surface area contributed by atoms with E-state index in [0.717, 1.165) is 9.99 Å². The number of halogens is 2. The van der Waals surface area contributed by atoms with Crippen molar-refractivity contribution < 1.29 is 14.3 Å². The number of benzene rings is 2. The first-order valence-corrected chi connectivity index (χ1v) is 11.7. The van der Waals surface area contributed by atoms with Gasteiger partial charge >= 0.3 is 6.09 Å². The second-order valence-electron chi connectivity index (χ2n) is 8.70. The fourth-order valence-electron chi connectivity index (χ4n) is 3.75. The Morgan fingerprint density at radius 1 is 1.26 bits per heavy atom. The van der Waals surface area contributed by atoms with Gasteiger partial charge in [-0.05, 0) is 91.6 Å². The first kappa shape index (κ1) is 23.7. The first-order chi connectivity index (χ1) is 14.7. The molecule has 0 N–H and O–H groups in total. The summed E-state index contributed by atoms with van der Waals surface area (Å²) in [5.74, 6) is 0.825. The lowest BCUT2D eigenvalue weighted by Gasteiger charge is -2.39. The van der Waals surface area contributed by atoms with Crippen molar-refractivity contribution in [1.82, 2.24) is 4.90 Å². The van der Waals surface area contributed by atoms with Gasteiger partial charge in [-0.15, -0.1) is 0 Å². The van der Waals surface area contributed by atoms with E-state index in [-0.39, 0.29) is 17.9 Å². The molecule has 7 heteroatoms. The Labute approximate surface area is 202 Å². The molecule has 0 aliphatic carbocycles. The minimum absolute atomic E-state index is 0.0493. The number of piperidine rings is 1. The van der Waals surface area contributed by atoms with Gasteiger partial charge in [0.2, 0.25) is 0 Å². The van der Waals surface area contributed by atoms with Crippen LogP contribution in [0.5, 0.6) is 5.75 Å². The molecule has 164 valence electrons. The molecule has 5 nitrogen and oxygen atoms in total. The average molecular weight is 553 g/mol. The van der Waals surface area contributed by atoms with Crippen LogP contribution in [0, 0.1) is 20.8 Å². The smallest absolute Gasteiger partial charge is 0.410 e. The van der Waals surface area contributed by atoms with E-state index in [1.807, 2.05) is 57.2 Å². The van der Waals surface area contributed by atoms with E-state index in [1.165, 1.54) is 5.56 Å². The van der Waals surface area contributed by atoms with Gasteiger partial charge in [-0.25, -0.2) is 4.79 Å². The van der Waals surface area contributed by atoms with E-state index < -0.39 is 5.60 Å². The van der Waals surface area contributed by atoms with Crippen molar-refractivity contribution in [3.63, 3.8) is 0 Å². The van der Waals surface area contributed by atoms with E-state index in [0.29, 0.717) is 36.0 Å². The zero-order valence-electron chi connectivity index (χ0n) is 17.9. The van der Waals surface area contributed by atoms with Crippen molar-refractivity contribution >= 4 is 40.3 Å². The molecule has 0 aromatic heterocycles. The summed E-state index contributed by atoms with van der Waals surface area (Å²) in [6.07, 6.45) is 0.492. The number of carbonyl (C=O) groups is 1. The number of nitriles is 1. The van der Waals surface area contributed by atoms with Crippen LogP contribution < -0.4 is 4.74 Å². The summed E-state index contributed by atoms with van der Waals surface area (Å²) in [6.45, 7) is 7.13. The quantitative estimate of drug-likeness (QED) is 0.422. The van der Waals surface area contributed by atoms with Gasteiger partial charge in [-0.2, -0.15) is 5.26 Å². The summed E-state index contributed by atoms with van der Waals surface area (Å²) in [4.78, 5) is 14.4. The number of carbonyl (C=O) groups excluding carboxylic acids is 1. The zero-order chi connectivity index (χ0) is 22.6. The molecular weight excluding hydrogens is 527 g/mol. The largest absolute Gasteiger partial charge is 0.492 e. The van der Waals surface area contributed by atoms with Gasteiger partial charge < -0.3 is 14.4 Å². The van der Waals surface area contributed by atoms with E-state index >= 15 is 0 Å². The number of nitrogens with zero attached hydrogens (tertiary/aromatic N) is 2. The highest BCUT2D eigenvalue weighted by molar-refractivity contribution is 14.1. The first-order valence-electron chi connectivity index (χ1n) is 10.2. The van der Waals surface area contributed by atoms with Crippen LogP contribution in [0.15, 0.2) is 42.5 Å². The average Bonchev–Trinajstić information content (AvgIpc) is 2.72. The lowest BCUT2D eigenvalue weighted by atomic mass is 9.81. The molecule has 1 saturated heterocycles. The molecule has 1 heterocycles. The van der Waals surface area contributed by atoms with E-state index in [4.69, 9.17) is 21.1 Å². The summed E-state index contributed by atoms with van der Waals surface area (Å²) in [5, 5.41) is 10.1. The van der Waals surface area contributed by atoms with Crippen molar-refractivity contribution in [1.29, 1.82) is 5.26 Å². The zero-order valence-corrected chi connectivity index (χ0v) is 20.8. The maximum atomic E-state index is 12.7. The Morgan fingerprint density at radius 2 is 1.97 bits per heavy atom. The van der Waals surface area contributed by atoms with Crippen molar-refractivity contribution in [2.24, 2.45) is 5.92 Å². The molecule has 31 heavy (non-hydrogen) atoms. The maximum Gasteiger partial charge on any atom is 0.410 e. The predicted molar refractivity (Wildman–Crippen MR) is 129 cm³/mol. The molecule has 0 saturated carbocycles. The molecule has 3 rings (SSSR count). The number of amides is 1. The molecule has 1 unspecified atom stereocenters. The van der Waals surface area contributed by atoms with Crippen molar-refractivity contribution in [2.75, 3.05) is 19.7 Å². The molecular formula is C24H26ClIN2O3. The highest BCUT2D eigenvalue weighted by atomic mass is 127. The van der Waals surface area contributed by atoms with E-state index in [2.05, 4.69) is 28.7 Å². The van der Waals surface area contributed by atoms with E-state index in [1.54, 1.807) is 11.0 Å². The lowest BCUT2D eigenvalue weighted by molar-refractivity contribution is 0.0111. The number of ether oxygens (including phenoxy) is 2. The van der Waals surface area contributed by atoms with Crippen molar-refractivity contribution in [3.05, 3.63) is 62.2 Å². The second-order valence-corrected chi connectivity index (χ2v) is 10.4. The normalized spacial score (nSPS) is 18.9. The Kier molecular flexibility index (Phi) is 7.71. The number of likely N-dealkylation sites (tertiary alicyclic amines) is 1. The highest BCUT2D eigenvalue weighted by Gasteiger charge is 2.35. The Bertz CT molecular complexity index is 966. The number of hydrogen-bond donors (Lipinski definition) is 0. The molecule has 0 spiro atoms. The van der Waals surface area contributed by atoms with E-state index in [9.17, 15) is 10.1 Å². The third kappa shape index (κ3) is 6.50. The summed E-state index contributed by atoms with van der Waals surface area (Å²) in [5.41, 5.74) is 1.14. The third-order valence-electron chi connectivity index (χ3n) is 5.20. The van der Waals surface area contributed by atoms with Crippen LogP contribution in [-0.4, -0.2) is 36.3 Å². The van der Waals surface area contributed by atoms with Crippen LogP contribution in [-0.2, 0) is 4.74 Å². The molecule has 1 amide bonds. The number of hydrogen-bond acceptors (Lipinski definition) is 4. The molecule has 0 bridgehead atoms. The van der Waals surface area contributed by atoms with Gasteiger partial charge in [-0.1, -0.05) is 23.7 Å².